The normalized spacial score (nSPS) is 9.78. The minimum atomic E-state index is 0.472. The van der Waals surface area contributed by atoms with E-state index >= 15 is 0 Å². The highest BCUT2D eigenvalue weighted by Crippen LogP contribution is 2.16. The standard InChI is InChI=1S/C12H14N6/c1-18(7-3-5-13)12-8-11(15-9-16-12)17-10-4-2-6-14-10/h2,4,6,8-9,14H,3,7H2,1H3,(H,15,16,17). The molecule has 2 heterocycles. The Morgan fingerprint density at radius 3 is 3.11 bits per heavy atom. The number of nitriles is 1. The van der Waals surface area contributed by atoms with Gasteiger partial charge in [0.25, 0.3) is 0 Å². The molecule has 0 aromatic carbocycles. The first-order valence-corrected chi connectivity index (χ1v) is 5.60. The maximum atomic E-state index is 8.56. The van der Waals surface area contributed by atoms with Crippen LogP contribution in [0.3, 0.4) is 0 Å². The molecule has 0 radical (unpaired) electrons. The third kappa shape index (κ3) is 2.98. The molecule has 2 aromatic heterocycles. The van der Waals surface area contributed by atoms with Gasteiger partial charge in [-0.1, -0.05) is 0 Å². The first kappa shape index (κ1) is 11.9. The molecule has 2 rings (SSSR count). The maximum Gasteiger partial charge on any atom is 0.136 e. The van der Waals surface area contributed by atoms with E-state index in [9.17, 15) is 0 Å². The van der Waals surface area contributed by atoms with Crippen molar-refractivity contribution in [2.75, 3.05) is 23.8 Å². The van der Waals surface area contributed by atoms with Crippen LogP contribution in [0, 0.1) is 11.3 Å². The Morgan fingerprint density at radius 1 is 1.50 bits per heavy atom. The van der Waals surface area contributed by atoms with E-state index in [0.29, 0.717) is 18.8 Å². The molecule has 2 aromatic rings. The SMILES string of the molecule is CN(CCC#N)c1cc(Nc2ccc[nH]2)ncn1. The molecule has 0 fully saturated rings. The number of rotatable bonds is 5. The van der Waals surface area contributed by atoms with Gasteiger partial charge in [0.2, 0.25) is 0 Å². The molecule has 18 heavy (non-hydrogen) atoms. The third-order valence-corrected chi connectivity index (χ3v) is 2.46. The molecule has 0 aliphatic carbocycles. The molecule has 0 saturated heterocycles. The van der Waals surface area contributed by atoms with Gasteiger partial charge in [0.1, 0.15) is 23.8 Å². The lowest BCUT2D eigenvalue weighted by molar-refractivity contribution is 0.880. The van der Waals surface area contributed by atoms with Crippen LogP contribution < -0.4 is 10.2 Å². The molecule has 0 unspecified atom stereocenters. The van der Waals surface area contributed by atoms with Crippen LogP contribution in [-0.2, 0) is 0 Å². The number of anilines is 3. The quantitative estimate of drug-likeness (QED) is 0.837. The molecule has 92 valence electrons. The van der Waals surface area contributed by atoms with Crippen LogP contribution in [-0.4, -0.2) is 28.5 Å². The maximum absolute atomic E-state index is 8.56. The van der Waals surface area contributed by atoms with Gasteiger partial charge in [-0.05, 0) is 12.1 Å². The molecule has 0 amide bonds. The summed E-state index contributed by atoms with van der Waals surface area (Å²) < 4.78 is 0. The highest BCUT2D eigenvalue weighted by Gasteiger charge is 2.04. The van der Waals surface area contributed by atoms with Crippen LogP contribution in [0.2, 0.25) is 0 Å². The highest BCUT2D eigenvalue weighted by molar-refractivity contribution is 5.56. The summed E-state index contributed by atoms with van der Waals surface area (Å²) in [7, 11) is 1.90. The zero-order valence-corrected chi connectivity index (χ0v) is 10.1. The number of H-pyrrole nitrogens is 1. The fraction of sp³-hybridized carbons (Fsp3) is 0.250. The monoisotopic (exact) mass is 242 g/mol. The van der Waals surface area contributed by atoms with Crippen LogP contribution in [0.1, 0.15) is 6.42 Å². The molecule has 2 N–H and O–H groups in total. The predicted octanol–water partition coefficient (Wildman–Crippen LogP) is 1.90. The van der Waals surface area contributed by atoms with Gasteiger partial charge in [0.05, 0.1) is 12.5 Å². The number of hydrogen-bond donors (Lipinski definition) is 2. The Balaban J connectivity index is 2.07. The van der Waals surface area contributed by atoms with E-state index in [1.807, 2.05) is 36.3 Å². The summed E-state index contributed by atoms with van der Waals surface area (Å²) in [6, 6.07) is 7.78. The molecular weight excluding hydrogens is 228 g/mol. The molecule has 0 aliphatic heterocycles. The van der Waals surface area contributed by atoms with Crippen molar-refractivity contribution in [3.05, 3.63) is 30.7 Å². The molecular formula is C12H14N6. The summed E-state index contributed by atoms with van der Waals surface area (Å²) in [5, 5.41) is 11.7. The average Bonchev–Trinajstić information content (AvgIpc) is 2.89. The van der Waals surface area contributed by atoms with E-state index in [4.69, 9.17) is 5.26 Å². The number of aromatic nitrogens is 3. The predicted molar refractivity (Wildman–Crippen MR) is 69.6 cm³/mol. The topological polar surface area (TPSA) is 80.6 Å². The first-order chi connectivity index (χ1) is 8.79. The number of aromatic amines is 1. The van der Waals surface area contributed by atoms with Crippen molar-refractivity contribution in [2.24, 2.45) is 0 Å². The van der Waals surface area contributed by atoms with E-state index < -0.39 is 0 Å². The largest absolute Gasteiger partial charge is 0.358 e. The smallest absolute Gasteiger partial charge is 0.136 e. The van der Waals surface area contributed by atoms with Crippen molar-refractivity contribution in [1.29, 1.82) is 5.26 Å². The summed E-state index contributed by atoms with van der Waals surface area (Å²) in [4.78, 5) is 13.3. The zero-order chi connectivity index (χ0) is 12.8. The Kier molecular flexibility index (Phi) is 3.76. The van der Waals surface area contributed by atoms with Gasteiger partial charge in [-0.2, -0.15) is 5.26 Å². The van der Waals surface area contributed by atoms with Gasteiger partial charge in [0.15, 0.2) is 0 Å². The van der Waals surface area contributed by atoms with Crippen molar-refractivity contribution in [3.63, 3.8) is 0 Å². The van der Waals surface area contributed by atoms with Crippen LogP contribution in [0.4, 0.5) is 17.5 Å². The lowest BCUT2D eigenvalue weighted by atomic mass is 10.4. The summed E-state index contributed by atoms with van der Waals surface area (Å²) >= 11 is 0. The second-order valence-corrected chi connectivity index (χ2v) is 3.80. The second-order valence-electron chi connectivity index (χ2n) is 3.80. The van der Waals surface area contributed by atoms with Crippen LogP contribution in [0.25, 0.3) is 0 Å². The lowest BCUT2D eigenvalue weighted by Crippen LogP contribution is -2.19. The fourth-order valence-corrected chi connectivity index (χ4v) is 1.50. The van der Waals surface area contributed by atoms with E-state index in [1.54, 1.807) is 0 Å². The Hall–Kier alpha value is -2.55. The van der Waals surface area contributed by atoms with Crippen LogP contribution >= 0.6 is 0 Å². The van der Waals surface area contributed by atoms with Crippen LogP contribution in [0.5, 0.6) is 0 Å². The second kappa shape index (κ2) is 5.68. The van der Waals surface area contributed by atoms with Crippen LogP contribution in [0.15, 0.2) is 30.7 Å². The fourth-order valence-electron chi connectivity index (χ4n) is 1.50. The first-order valence-electron chi connectivity index (χ1n) is 5.60. The molecule has 0 saturated carbocycles. The Bertz CT molecular complexity index is 528. The molecule has 6 nitrogen and oxygen atoms in total. The summed E-state index contributed by atoms with van der Waals surface area (Å²) in [6.07, 6.45) is 3.81. The zero-order valence-electron chi connectivity index (χ0n) is 10.1. The van der Waals surface area contributed by atoms with Crippen molar-refractivity contribution >= 4 is 17.5 Å². The van der Waals surface area contributed by atoms with Crippen molar-refractivity contribution in [2.45, 2.75) is 6.42 Å². The van der Waals surface area contributed by atoms with E-state index in [0.717, 1.165) is 11.6 Å². The van der Waals surface area contributed by atoms with E-state index in [1.165, 1.54) is 6.33 Å². The molecule has 0 spiro atoms. The summed E-state index contributed by atoms with van der Waals surface area (Å²) in [6.45, 7) is 0.648. The van der Waals surface area contributed by atoms with Crippen molar-refractivity contribution < 1.29 is 0 Å². The Morgan fingerprint density at radius 2 is 2.39 bits per heavy atom. The number of nitrogens with zero attached hydrogens (tertiary/aromatic N) is 4. The van der Waals surface area contributed by atoms with Gasteiger partial charge in [-0.25, -0.2) is 9.97 Å². The molecule has 0 aliphatic rings. The third-order valence-electron chi connectivity index (χ3n) is 2.46. The van der Waals surface area contributed by atoms with Crippen molar-refractivity contribution in [3.8, 4) is 6.07 Å². The minimum Gasteiger partial charge on any atom is -0.358 e. The average molecular weight is 242 g/mol. The van der Waals surface area contributed by atoms with Gasteiger partial charge < -0.3 is 15.2 Å². The minimum absolute atomic E-state index is 0.472. The van der Waals surface area contributed by atoms with E-state index in [2.05, 4.69) is 26.3 Å². The van der Waals surface area contributed by atoms with Gasteiger partial charge in [-0.15, -0.1) is 0 Å². The number of hydrogen-bond acceptors (Lipinski definition) is 5. The molecule has 0 atom stereocenters. The number of nitrogens with one attached hydrogen (secondary N) is 2. The van der Waals surface area contributed by atoms with Gasteiger partial charge >= 0.3 is 0 Å². The van der Waals surface area contributed by atoms with Crippen molar-refractivity contribution in [1.82, 2.24) is 15.0 Å². The summed E-state index contributed by atoms with van der Waals surface area (Å²) in [5.74, 6) is 2.37. The van der Waals surface area contributed by atoms with E-state index in [-0.39, 0.29) is 0 Å². The molecule has 0 bridgehead atoms. The molecule has 6 heteroatoms. The Labute approximate surface area is 105 Å². The summed E-state index contributed by atoms with van der Waals surface area (Å²) in [5.41, 5.74) is 0. The van der Waals surface area contributed by atoms with Gasteiger partial charge in [-0.3, -0.25) is 0 Å². The lowest BCUT2D eigenvalue weighted by Gasteiger charge is -2.16. The highest BCUT2D eigenvalue weighted by atomic mass is 15.2. The van der Waals surface area contributed by atoms with Gasteiger partial charge in [0, 0.05) is 25.9 Å².